The van der Waals surface area contributed by atoms with Crippen LogP contribution < -0.4 is 11.1 Å². The van der Waals surface area contributed by atoms with Crippen molar-refractivity contribution < 1.29 is 4.79 Å². The molecule has 1 aliphatic rings. The molecular formula is C12H25N3O. The molecule has 0 heterocycles. The normalized spacial score (nSPS) is 19.9. The SMILES string of the molecule is CC(C)C(N)C(=O)NCC(C)N(C)C1CC1. The number of amides is 1. The maximum absolute atomic E-state index is 11.6. The van der Waals surface area contributed by atoms with Crippen molar-refractivity contribution in [2.24, 2.45) is 11.7 Å². The molecule has 2 atom stereocenters. The fraction of sp³-hybridized carbons (Fsp3) is 0.917. The smallest absolute Gasteiger partial charge is 0.237 e. The highest BCUT2D eigenvalue weighted by molar-refractivity contribution is 5.81. The number of hydrogen-bond donors (Lipinski definition) is 2. The Morgan fingerprint density at radius 2 is 2.00 bits per heavy atom. The molecule has 1 aliphatic carbocycles. The summed E-state index contributed by atoms with van der Waals surface area (Å²) in [4.78, 5) is 14.0. The molecule has 0 saturated heterocycles. The van der Waals surface area contributed by atoms with Crippen LogP contribution in [0.2, 0.25) is 0 Å². The van der Waals surface area contributed by atoms with E-state index in [1.807, 2.05) is 13.8 Å². The van der Waals surface area contributed by atoms with Crippen LogP contribution in [0.4, 0.5) is 0 Å². The van der Waals surface area contributed by atoms with Gasteiger partial charge in [0.25, 0.3) is 0 Å². The number of rotatable bonds is 6. The molecule has 1 amide bonds. The fourth-order valence-electron chi connectivity index (χ4n) is 1.65. The van der Waals surface area contributed by atoms with Gasteiger partial charge >= 0.3 is 0 Å². The summed E-state index contributed by atoms with van der Waals surface area (Å²) in [7, 11) is 2.12. The van der Waals surface area contributed by atoms with Crippen molar-refractivity contribution in [3.8, 4) is 0 Å². The van der Waals surface area contributed by atoms with E-state index < -0.39 is 6.04 Å². The van der Waals surface area contributed by atoms with Crippen molar-refractivity contribution >= 4 is 5.91 Å². The van der Waals surface area contributed by atoms with E-state index in [-0.39, 0.29) is 11.8 Å². The number of likely N-dealkylation sites (N-methyl/N-ethyl adjacent to an activating group) is 1. The predicted octanol–water partition coefficient (Wildman–Crippen LogP) is 0.569. The molecular weight excluding hydrogens is 202 g/mol. The Kier molecular flexibility index (Phi) is 4.74. The highest BCUT2D eigenvalue weighted by Gasteiger charge is 2.29. The van der Waals surface area contributed by atoms with Crippen LogP contribution >= 0.6 is 0 Å². The molecule has 3 N–H and O–H groups in total. The van der Waals surface area contributed by atoms with Crippen LogP contribution in [-0.4, -0.2) is 42.5 Å². The van der Waals surface area contributed by atoms with E-state index in [2.05, 4.69) is 24.2 Å². The third-order valence-corrected chi connectivity index (χ3v) is 3.41. The van der Waals surface area contributed by atoms with E-state index in [9.17, 15) is 4.79 Å². The van der Waals surface area contributed by atoms with E-state index >= 15 is 0 Å². The second-order valence-corrected chi connectivity index (χ2v) is 5.26. The van der Waals surface area contributed by atoms with Gasteiger partial charge in [0.15, 0.2) is 0 Å². The summed E-state index contributed by atoms with van der Waals surface area (Å²) in [5, 5.41) is 2.92. The molecule has 1 fully saturated rings. The zero-order valence-electron chi connectivity index (χ0n) is 10.9. The molecule has 94 valence electrons. The van der Waals surface area contributed by atoms with Gasteiger partial charge in [-0.15, -0.1) is 0 Å². The summed E-state index contributed by atoms with van der Waals surface area (Å²) in [5.74, 6) is 0.155. The third kappa shape index (κ3) is 3.76. The number of carbonyl (C=O) groups excluding carboxylic acids is 1. The van der Waals surface area contributed by atoms with Crippen molar-refractivity contribution in [3.05, 3.63) is 0 Å². The minimum absolute atomic E-state index is 0.0361. The van der Waals surface area contributed by atoms with Crippen LogP contribution in [0.5, 0.6) is 0 Å². The van der Waals surface area contributed by atoms with Gasteiger partial charge in [0, 0.05) is 18.6 Å². The van der Waals surface area contributed by atoms with E-state index in [1.165, 1.54) is 12.8 Å². The first-order valence-corrected chi connectivity index (χ1v) is 6.18. The summed E-state index contributed by atoms with van der Waals surface area (Å²) in [6, 6.07) is 0.722. The highest BCUT2D eigenvalue weighted by atomic mass is 16.2. The molecule has 1 saturated carbocycles. The van der Waals surface area contributed by atoms with Crippen molar-refractivity contribution in [2.75, 3.05) is 13.6 Å². The van der Waals surface area contributed by atoms with Gasteiger partial charge in [-0.25, -0.2) is 0 Å². The fourth-order valence-corrected chi connectivity index (χ4v) is 1.65. The molecule has 0 radical (unpaired) electrons. The van der Waals surface area contributed by atoms with Crippen molar-refractivity contribution in [2.45, 2.75) is 51.7 Å². The Labute approximate surface area is 98.6 Å². The number of nitrogens with two attached hydrogens (primary N) is 1. The van der Waals surface area contributed by atoms with Crippen molar-refractivity contribution in [3.63, 3.8) is 0 Å². The summed E-state index contributed by atoms with van der Waals surface area (Å²) in [6.45, 7) is 6.75. The van der Waals surface area contributed by atoms with Crippen LogP contribution in [0, 0.1) is 5.92 Å². The first-order chi connectivity index (χ1) is 7.43. The van der Waals surface area contributed by atoms with Gasteiger partial charge in [0.2, 0.25) is 5.91 Å². The topological polar surface area (TPSA) is 58.4 Å². The average Bonchev–Trinajstić information content (AvgIpc) is 3.06. The molecule has 2 unspecified atom stereocenters. The zero-order chi connectivity index (χ0) is 12.3. The van der Waals surface area contributed by atoms with Crippen LogP contribution in [0.15, 0.2) is 0 Å². The first-order valence-electron chi connectivity index (χ1n) is 6.18. The lowest BCUT2D eigenvalue weighted by Gasteiger charge is -2.25. The quantitative estimate of drug-likeness (QED) is 0.697. The molecule has 0 aromatic heterocycles. The van der Waals surface area contributed by atoms with Gasteiger partial charge in [0.05, 0.1) is 6.04 Å². The molecule has 0 aromatic carbocycles. The number of carbonyl (C=O) groups is 1. The van der Waals surface area contributed by atoms with Crippen molar-refractivity contribution in [1.82, 2.24) is 10.2 Å². The maximum Gasteiger partial charge on any atom is 0.237 e. The maximum atomic E-state index is 11.6. The first kappa shape index (κ1) is 13.5. The zero-order valence-corrected chi connectivity index (χ0v) is 10.9. The minimum Gasteiger partial charge on any atom is -0.353 e. The molecule has 0 spiro atoms. The largest absolute Gasteiger partial charge is 0.353 e. The van der Waals surface area contributed by atoms with Crippen LogP contribution in [-0.2, 0) is 4.79 Å². The Morgan fingerprint density at radius 1 is 1.44 bits per heavy atom. The molecule has 1 rings (SSSR count). The Morgan fingerprint density at radius 3 is 2.44 bits per heavy atom. The average molecular weight is 227 g/mol. The summed E-state index contributed by atoms with van der Waals surface area (Å²) < 4.78 is 0. The predicted molar refractivity (Wildman–Crippen MR) is 66.1 cm³/mol. The third-order valence-electron chi connectivity index (χ3n) is 3.41. The monoisotopic (exact) mass is 227 g/mol. The van der Waals surface area contributed by atoms with Gasteiger partial charge in [-0.2, -0.15) is 0 Å². The molecule has 0 aromatic rings. The molecule has 0 aliphatic heterocycles. The lowest BCUT2D eigenvalue weighted by atomic mass is 10.1. The van der Waals surface area contributed by atoms with E-state index in [1.54, 1.807) is 0 Å². The second kappa shape index (κ2) is 5.64. The van der Waals surface area contributed by atoms with Gasteiger partial charge < -0.3 is 11.1 Å². The molecule has 4 heteroatoms. The molecule has 0 bridgehead atoms. The van der Waals surface area contributed by atoms with Gasteiger partial charge in [0.1, 0.15) is 0 Å². The van der Waals surface area contributed by atoms with Gasteiger partial charge in [-0.3, -0.25) is 9.69 Å². The number of nitrogens with one attached hydrogen (secondary N) is 1. The Balaban J connectivity index is 2.25. The lowest BCUT2D eigenvalue weighted by molar-refractivity contribution is -0.123. The van der Waals surface area contributed by atoms with Crippen LogP contribution in [0.3, 0.4) is 0 Å². The van der Waals surface area contributed by atoms with E-state index in [0.29, 0.717) is 12.6 Å². The summed E-state index contributed by atoms with van der Waals surface area (Å²) >= 11 is 0. The number of hydrogen-bond acceptors (Lipinski definition) is 3. The van der Waals surface area contributed by atoms with E-state index in [0.717, 1.165) is 6.04 Å². The van der Waals surface area contributed by atoms with E-state index in [4.69, 9.17) is 5.73 Å². The van der Waals surface area contributed by atoms with Gasteiger partial charge in [-0.05, 0) is 32.7 Å². The second-order valence-electron chi connectivity index (χ2n) is 5.26. The minimum atomic E-state index is -0.390. The molecule has 4 nitrogen and oxygen atoms in total. The highest BCUT2D eigenvalue weighted by Crippen LogP contribution is 2.26. The lowest BCUT2D eigenvalue weighted by Crippen LogP contribution is -2.48. The summed E-state index contributed by atoms with van der Waals surface area (Å²) in [5.41, 5.74) is 5.77. The standard InChI is InChI=1S/C12H25N3O/c1-8(2)11(13)12(16)14-7-9(3)15(4)10-5-6-10/h8-11H,5-7,13H2,1-4H3,(H,14,16). The van der Waals surface area contributed by atoms with Crippen LogP contribution in [0.25, 0.3) is 0 Å². The molecule has 16 heavy (non-hydrogen) atoms. The van der Waals surface area contributed by atoms with Crippen LogP contribution in [0.1, 0.15) is 33.6 Å². The Bertz CT molecular complexity index is 238. The summed E-state index contributed by atoms with van der Waals surface area (Å²) in [6.07, 6.45) is 2.58. The Hall–Kier alpha value is -0.610. The van der Waals surface area contributed by atoms with Crippen molar-refractivity contribution in [1.29, 1.82) is 0 Å². The van der Waals surface area contributed by atoms with Gasteiger partial charge in [-0.1, -0.05) is 13.8 Å². The number of nitrogens with zero attached hydrogens (tertiary/aromatic N) is 1.